The highest BCUT2D eigenvalue weighted by atomic mass is 32.2. The van der Waals surface area contributed by atoms with Gasteiger partial charge in [-0.25, -0.2) is 13.4 Å². The Morgan fingerprint density at radius 1 is 1.14 bits per heavy atom. The van der Waals surface area contributed by atoms with E-state index in [1.807, 2.05) is 6.92 Å². The molecule has 0 saturated carbocycles. The largest absolute Gasteiger partial charge is 0.439 e. The number of hydrogen-bond donors (Lipinski definition) is 0. The molecule has 1 aliphatic rings. The Morgan fingerprint density at radius 3 is 2.68 bits per heavy atom. The molecule has 0 amide bonds. The lowest BCUT2D eigenvalue weighted by Gasteiger charge is -2.18. The van der Waals surface area contributed by atoms with Crippen LogP contribution in [0.25, 0.3) is 0 Å². The Morgan fingerprint density at radius 2 is 1.91 bits per heavy atom. The lowest BCUT2D eigenvalue weighted by atomic mass is 9.97. The Balaban J connectivity index is 1.99. The van der Waals surface area contributed by atoms with Crippen molar-refractivity contribution in [1.82, 2.24) is 9.97 Å². The van der Waals surface area contributed by atoms with Crippen molar-refractivity contribution in [3.05, 3.63) is 41.3 Å². The zero-order valence-corrected chi connectivity index (χ0v) is 13.5. The molecule has 0 bridgehead atoms. The second-order valence-corrected chi connectivity index (χ2v) is 7.57. The van der Waals surface area contributed by atoms with E-state index >= 15 is 0 Å². The van der Waals surface area contributed by atoms with Gasteiger partial charge in [0.05, 0.1) is 10.6 Å². The van der Waals surface area contributed by atoms with E-state index in [2.05, 4.69) is 9.97 Å². The maximum Gasteiger partial charge on any atom is 0.225 e. The first-order valence-corrected chi connectivity index (χ1v) is 9.17. The molecule has 22 heavy (non-hydrogen) atoms. The minimum Gasteiger partial charge on any atom is -0.439 e. The van der Waals surface area contributed by atoms with Gasteiger partial charge in [0.2, 0.25) is 5.88 Å². The first kappa shape index (κ1) is 15.0. The zero-order chi connectivity index (χ0) is 15.7. The quantitative estimate of drug-likeness (QED) is 0.870. The first-order valence-electron chi connectivity index (χ1n) is 7.28. The summed E-state index contributed by atoms with van der Waals surface area (Å²) < 4.78 is 29.2. The molecule has 0 spiro atoms. The highest BCUT2D eigenvalue weighted by Crippen LogP contribution is 2.31. The monoisotopic (exact) mass is 318 g/mol. The molecular weight excluding hydrogens is 300 g/mol. The van der Waals surface area contributed by atoms with Gasteiger partial charge in [-0.1, -0.05) is 6.07 Å². The van der Waals surface area contributed by atoms with Crippen LogP contribution in [0.2, 0.25) is 0 Å². The van der Waals surface area contributed by atoms with E-state index in [0.29, 0.717) is 17.5 Å². The van der Waals surface area contributed by atoms with E-state index in [1.54, 1.807) is 18.2 Å². The normalized spacial score (nSPS) is 14.5. The third-order valence-corrected chi connectivity index (χ3v) is 4.82. The Hall–Kier alpha value is -1.95. The average Bonchev–Trinajstić information content (AvgIpc) is 2.46. The van der Waals surface area contributed by atoms with E-state index < -0.39 is 9.84 Å². The molecule has 1 aromatic heterocycles. The van der Waals surface area contributed by atoms with E-state index in [1.165, 1.54) is 12.3 Å². The van der Waals surface area contributed by atoms with Crippen LogP contribution in [0.4, 0.5) is 0 Å². The van der Waals surface area contributed by atoms with Crippen molar-refractivity contribution in [2.24, 2.45) is 0 Å². The maximum atomic E-state index is 11.6. The fourth-order valence-corrected chi connectivity index (χ4v) is 3.30. The van der Waals surface area contributed by atoms with Crippen LogP contribution in [0.5, 0.6) is 11.6 Å². The highest BCUT2D eigenvalue weighted by Gasteiger charge is 2.19. The summed E-state index contributed by atoms with van der Waals surface area (Å²) in [5, 5.41) is 0. The minimum absolute atomic E-state index is 0.240. The topological polar surface area (TPSA) is 69.2 Å². The van der Waals surface area contributed by atoms with Gasteiger partial charge in [0, 0.05) is 11.8 Å². The Bertz CT molecular complexity index is 816. The molecule has 1 heterocycles. The molecule has 0 atom stereocenters. The van der Waals surface area contributed by atoms with Crippen molar-refractivity contribution in [3.63, 3.8) is 0 Å². The SMILES string of the molecule is Cc1nc2c(c(Oc3cccc(S(C)(=O)=O)c3)n1)CCCC2. The number of hydrogen-bond acceptors (Lipinski definition) is 5. The molecule has 0 saturated heterocycles. The summed E-state index contributed by atoms with van der Waals surface area (Å²) in [6, 6.07) is 6.50. The maximum absolute atomic E-state index is 11.6. The van der Waals surface area contributed by atoms with Gasteiger partial charge in [0.1, 0.15) is 11.6 Å². The van der Waals surface area contributed by atoms with Crippen LogP contribution in [0.1, 0.15) is 29.9 Å². The molecule has 0 N–H and O–H groups in total. The molecule has 5 nitrogen and oxygen atoms in total. The van der Waals surface area contributed by atoms with Gasteiger partial charge < -0.3 is 4.74 Å². The van der Waals surface area contributed by atoms with Crippen molar-refractivity contribution in [3.8, 4) is 11.6 Å². The molecule has 3 rings (SSSR count). The number of rotatable bonds is 3. The Kier molecular flexibility index (Phi) is 3.87. The smallest absolute Gasteiger partial charge is 0.225 e. The van der Waals surface area contributed by atoms with E-state index in [0.717, 1.165) is 36.9 Å². The van der Waals surface area contributed by atoms with Crippen molar-refractivity contribution in [1.29, 1.82) is 0 Å². The van der Waals surface area contributed by atoms with Crippen LogP contribution in [-0.4, -0.2) is 24.6 Å². The molecule has 1 aromatic carbocycles. The lowest BCUT2D eigenvalue weighted by Crippen LogP contribution is -2.10. The predicted octanol–water partition coefficient (Wildman–Crippen LogP) is 2.86. The van der Waals surface area contributed by atoms with Crippen LogP contribution < -0.4 is 4.74 Å². The molecule has 2 aromatic rings. The van der Waals surface area contributed by atoms with Gasteiger partial charge in [-0.2, -0.15) is 4.98 Å². The standard InChI is InChI=1S/C16H18N2O3S/c1-11-17-15-9-4-3-8-14(15)16(18-11)21-12-6-5-7-13(10-12)22(2,19)20/h5-7,10H,3-4,8-9H2,1-2H3. The number of ether oxygens (including phenoxy) is 1. The van der Waals surface area contributed by atoms with Crippen LogP contribution >= 0.6 is 0 Å². The van der Waals surface area contributed by atoms with Gasteiger partial charge in [-0.05, 0) is 50.8 Å². The van der Waals surface area contributed by atoms with Crippen molar-refractivity contribution in [2.45, 2.75) is 37.5 Å². The van der Waals surface area contributed by atoms with Crippen molar-refractivity contribution < 1.29 is 13.2 Å². The number of fused-ring (bicyclic) bond motifs is 1. The van der Waals surface area contributed by atoms with Gasteiger partial charge in [0.15, 0.2) is 9.84 Å². The summed E-state index contributed by atoms with van der Waals surface area (Å²) in [5.41, 5.74) is 2.09. The fraction of sp³-hybridized carbons (Fsp3) is 0.375. The van der Waals surface area contributed by atoms with Gasteiger partial charge in [-0.15, -0.1) is 0 Å². The third kappa shape index (κ3) is 3.11. The van der Waals surface area contributed by atoms with E-state index in [4.69, 9.17) is 4.74 Å². The summed E-state index contributed by atoms with van der Waals surface area (Å²) >= 11 is 0. The van der Waals surface area contributed by atoms with E-state index in [9.17, 15) is 8.42 Å². The number of sulfone groups is 1. The molecular formula is C16H18N2O3S. The van der Waals surface area contributed by atoms with Crippen molar-refractivity contribution >= 4 is 9.84 Å². The van der Waals surface area contributed by atoms with Crippen LogP contribution in [0.15, 0.2) is 29.2 Å². The predicted molar refractivity (Wildman–Crippen MR) is 83.0 cm³/mol. The van der Waals surface area contributed by atoms with Crippen LogP contribution in [0.3, 0.4) is 0 Å². The summed E-state index contributed by atoms with van der Waals surface area (Å²) in [5.74, 6) is 1.71. The number of benzene rings is 1. The summed E-state index contributed by atoms with van der Waals surface area (Å²) in [4.78, 5) is 9.12. The number of aryl methyl sites for hydroxylation is 2. The molecule has 0 fully saturated rings. The first-order chi connectivity index (χ1) is 10.4. The van der Waals surface area contributed by atoms with Crippen molar-refractivity contribution in [2.75, 3.05) is 6.26 Å². The fourth-order valence-electron chi connectivity index (χ4n) is 2.64. The second kappa shape index (κ2) is 5.68. The second-order valence-electron chi connectivity index (χ2n) is 5.56. The molecule has 0 aliphatic heterocycles. The molecule has 0 radical (unpaired) electrons. The molecule has 1 aliphatic carbocycles. The number of nitrogens with zero attached hydrogens (tertiary/aromatic N) is 2. The summed E-state index contributed by atoms with van der Waals surface area (Å²) in [6.45, 7) is 1.84. The average molecular weight is 318 g/mol. The van der Waals surface area contributed by atoms with E-state index in [-0.39, 0.29) is 4.90 Å². The lowest BCUT2D eigenvalue weighted by molar-refractivity contribution is 0.443. The van der Waals surface area contributed by atoms with Gasteiger partial charge >= 0.3 is 0 Å². The van der Waals surface area contributed by atoms with Crippen LogP contribution in [0, 0.1) is 6.92 Å². The molecule has 6 heteroatoms. The number of aromatic nitrogens is 2. The highest BCUT2D eigenvalue weighted by molar-refractivity contribution is 7.90. The summed E-state index contributed by atoms with van der Waals surface area (Å²) in [7, 11) is -3.26. The minimum atomic E-state index is -3.26. The van der Waals surface area contributed by atoms with Gasteiger partial charge in [0.25, 0.3) is 0 Å². The summed E-state index contributed by atoms with van der Waals surface area (Å²) in [6.07, 6.45) is 5.25. The molecule has 0 unspecified atom stereocenters. The third-order valence-electron chi connectivity index (χ3n) is 3.71. The van der Waals surface area contributed by atoms with Gasteiger partial charge in [-0.3, -0.25) is 0 Å². The molecule has 116 valence electrons. The zero-order valence-electron chi connectivity index (χ0n) is 12.7. The Labute approximate surface area is 130 Å². The van der Waals surface area contributed by atoms with Crippen LogP contribution in [-0.2, 0) is 22.7 Å².